The summed E-state index contributed by atoms with van der Waals surface area (Å²) in [5.74, 6) is 1.07. The van der Waals surface area contributed by atoms with Gasteiger partial charge in [-0.05, 0) is 23.6 Å². The zero-order valence-electron chi connectivity index (χ0n) is 12.7. The summed E-state index contributed by atoms with van der Waals surface area (Å²) in [6.07, 6.45) is 3.18. The maximum atomic E-state index is 5.59. The summed E-state index contributed by atoms with van der Waals surface area (Å²) in [5, 5.41) is 1.33. The zero-order chi connectivity index (χ0) is 15.6. The summed E-state index contributed by atoms with van der Waals surface area (Å²) < 4.78 is 1.03. The van der Waals surface area contributed by atoms with Crippen LogP contribution in [0.25, 0.3) is 10.9 Å². The van der Waals surface area contributed by atoms with E-state index in [1.165, 1.54) is 22.0 Å². The van der Waals surface area contributed by atoms with Crippen molar-refractivity contribution in [1.29, 1.82) is 0 Å². The van der Waals surface area contributed by atoms with Crippen LogP contribution in [0.15, 0.2) is 60.8 Å². The van der Waals surface area contributed by atoms with Crippen molar-refractivity contribution in [3.8, 4) is 0 Å². The van der Waals surface area contributed by atoms with Crippen LogP contribution in [0.1, 0.15) is 11.1 Å². The molecule has 3 aromatic rings. The number of benzene rings is 2. The highest BCUT2D eigenvalue weighted by molar-refractivity contribution is 8.23. The third-order valence-electron chi connectivity index (χ3n) is 4.40. The molecule has 1 atom stereocenters. The van der Waals surface area contributed by atoms with Gasteiger partial charge in [0.05, 0.1) is 0 Å². The number of fused-ring (bicyclic) bond motifs is 1. The van der Waals surface area contributed by atoms with Crippen LogP contribution in [0.4, 0.5) is 0 Å². The van der Waals surface area contributed by atoms with Crippen molar-refractivity contribution in [2.75, 3.05) is 5.75 Å². The Hall–Kier alpha value is -1.78. The maximum absolute atomic E-state index is 5.59. The number of hydrogen-bond acceptors (Lipinski definition) is 2. The molecule has 1 aliphatic rings. The van der Waals surface area contributed by atoms with Gasteiger partial charge in [0.15, 0.2) is 0 Å². The molecule has 2 aromatic carbocycles. The minimum Gasteiger partial charge on any atom is -0.361 e. The number of nitrogens with zero attached hydrogens (tertiary/aromatic N) is 1. The fourth-order valence-electron chi connectivity index (χ4n) is 3.19. The van der Waals surface area contributed by atoms with Gasteiger partial charge in [-0.25, -0.2) is 0 Å². The second-order valence-corrected chi connectivity index (χ2v) is 7.56. The number of para-hydroxylation sites is 1. The molecule has 0 saturated carbocycles. The molecule has 0 radical (unpaired) electrons. The van der Waals surface area contributed by atoms with Gasteiger partial charge in [-0.15, -0.1) is 0 Å². The number of thiocarbonyl (C=S) groups is 1. The summed E-state index contributed by atoms with van der Waals surface area (Å²) in [4.78, 5) is 5.77. The molecule has 4 rings (SSSR count). The van der Waals surface area contributed by atoms with Crippen molar-refractivity contribution in [2.45, 2.75) is 19.0 Å². The lowest BCUT2D eigenvalue weighted by Crippen LogP contribution is -2.34. The molecule has 2 heterocycles. The van der Waals surface area contributed by atoms with Gasteiger partial charge in [0.1, 0.15) is 4.32 Å². The van der Waals surface area contributed by atoms with E-state index in [0.717, 1.165) is 23.0 Å². The second kappa shape index (κ2) is 6.38. The monoisotopic (exact) mass is 338 g/mol. The Morgan fingerprint density at radius 3 is 2.74 bits per heavy atom. The summed E-state index contributed by atoms with van der Waals surface area (Å²) >= 11 is 7.40. The molecule has 2 nitrogen and oxygen atoms in total. The molecule has 23 heavy (non-hydrogen) atoms. The quantitative estimate of drug-likeness (QED) is 0.701. The molecule has 0 amide bonds. The Morgan fingerprint density at radius 2 is 1.87 bits per heavy atom. The molecule has 0 unspecified atom stereocenters. The molecule has 1 N–H and O–H groups in total. The number of H-pyrrole nitrogens is 1. The van der Waals surface area contributed by atoms with Crippen LogP contribution in [0, 0.1) is 0 Å². The first-order chi connectivity index (χ1) is 11.3. The fraction of sp³-hybridized carbons (Fsp3) is 0.211. The first-order valence-corrected chi connectivity index (χ1v) is 9.23. The highest BCUT2D eigenvalue weighted by Gasteiger charge is 2.29. The van der Waals surface area contributed by atoms with Gasteiger partial charge >= 0.3 is 0 Å². The number of rotatable bonds is 4. The Morgan fingerprint density at radius 1 is 1.09 bits per heavy atom. The van der Waals surface area contributed by atoms with Gasteiger partial charge in [-0.1, -0.05) is 72.5 Å². The first kappa shape index (κ1) is 14.8. The van der Waals surface area contributed by atoms with Gasteiger partial charge in [-0.3, -0.25) is 0 Å². The number of aromatic amines is 1. The fourth-order valence-corrected chi connectivity index (χ4v) is 4.62. The molecule has 1 aromatic heterocycles. The van der Waals surface area contributed by atoms with E-state index in [1.807, 2.05) is 11.8 Å². The molecule has 0 bridgehead atoms. The van der Waals surface area contributed by atoms with Crippen molar-refractivity contribution in [2.24, 2.45) is 0 Å². The van der Waals surface area contributed by atoms with E-state index >= 15 is 0 Å². The van der Waals surface area contributed by atoms with Crippen LogP contribution in [0.3, 0.4) is 0 Å². The van der Waals surface area contributed by atoms with Crippen molar-refractivity contribution < 1.29 is 0 Å². The van der Waals surface area contributed by atoms with Crippen LogP contribution >= 0.6 is 24.0 Å². The van der Waals surface area contributed by atoms with Crippen molar-refractivity contribution in [1.82, 2.24) is 9.88 Å². The number of thioether (sulfide) groups is 1. The van der Waals surface area contributed by atoms with Crippen LogP contribution in [0.2, 0.25) is 0 Å². The normalized spacial score (nSPS) is 18.0. The molecule has 0 aliphatic carbocycles. The Balaban J connectivity index is 1.56. The predicted octanol–water partition coefficient (Wildman–Crippen LogP) is 4.61. The van der Waals surface area contributed by atoms with Gasteiger partial charge in [0.25, 0.3) is 0 Å². The van der Waals surface area contributed by atoms with E-state index < -0.39 is 0 Å². The number of hydrogen-bond donors (Lipinski definition) is 1. The minimum atomic E-state index is 0.465. The van der Waals surface area contributed by atoms with E-state index in [9.17, 15) is 0 Å². The minimum absolute atomic E-state index is 0.465. The van der Waals surface area contributed by atoms with E-state index in [2.05, 4.69) is 70.7 Å². The lowest BCUT2D eigenvalue weighted by atomic mass is 10.0. The summed E-state index contributed by atoms with van der Waals surface area (Å²) in [7, 11) is 0. The molecule has 1 saturated heterocycles. The highest BCUT2D eigenvalue weighted by atomic mass is 32.2. The van der Waals surface area contributed by atoms with Crippen molar-refractivity contribution in [3.63, 3.8) is 0 Å². The van der Waals surface area contributed by atoms with E-state index in [4.69, 9.17) is 12.2 Å². The number of nitrogens with one attached hydrogen (secondary N) is 1. The van der Waals surface area contributed by atoms with E-state index in [1.54, 1.807) is 0 Å². The van der Waals surface area contributed by atoms with Gasteiger partial charge in [0, 0.05) is 35.4 Å². The zero-order valence-corrected chi connectivity index (χ0v) is 14.4. The largest absolute Gasteiger partial charge is 0.361 e. The number of aromatic nitrogens is 1. The Labute approximate surface area is 145 Å². The molecule has 1 fully saturated rings. The van der Waals surface area contributed by atoms with E-state index in [-0.39, 0.29) is 0 Å². The lowest BCUT2D eigenvalue weighted by Gasteiger charge is -2.25. The van der Waals surface area contributed by atoms with Crippen LogP contribution in [0.5, 0.6) is 0 Å². The van der Waals surface area contributed by atoms with Gasteiger partial charge in [-0.2, -0.15) is 0 Å². The summed E-state index contributed by atoms with van der Waals surface area (Å²) in [6.45, 7) is 0.902. The molecular weight excluding hydrogens is 320 g/mol. The smallest absolute Gasteiger partial charge is 0.137 e. The van der Waals surface area contributed by atoms with Crippen LogP contribution in [-0.2, 0) is 13.0 Å². The van der Waals surface area contributed by atoms with E-state index in [0.29, 0.717) is 6.04 Å². The molecule has 1 aliphatic heterocycles. The average molecular weight is 339 g/mol. The Bertz CT molecular complexity index is 826. The summed E-state index contributed by atoms with van der Waals surface area (Å²) in [5.41, 5.74) is 3.92. The molecule has 116 valence electrons. The SMILES string of the molecule is S=C1SC[C@H](Cc2c[nH]c3ccccc23)N1Cc1ccccc1. The summed E-state index contributed by atoms with van der Waals surface area (Å²) in [6, 6.07) is 19.6. The second-order valence-electron chi connectivity index (χ2n) is 5.91. The third-order valence-corrected chi connectivity index (χ3v) is 6.02. The highest BCUT2D eigenvalue weighted by Crippen LogP contribution is 2.30. The topological polar surface area (TPSA) is 19.0 Å². The lowest BCUT2D eigenvalue weighted by molar-refractivity contribution is 0.346. The van der Waals surface area contributed by atoms with Crippen molar-refractivity contribution in [3.05, 3.63) is 71.9 Å². The maximum Gasteiger partial charge on any atom is 0.137 e. The molecule has 4 heteroatoms. The van der Waals surface area contributed by atoms with Crippen LogP contribution < -0.4 is 0 Å². The predicted molar refractivity (Wildman–Crippen MR) is 103 cm³/mol. The Kier molecular flexibility index (Phi) is 4.10. The molecule has 0 spiro atoms. The standard InChI is InChI=1S/C19H18N2S2/c22-19-21(12-14-6-2-1-3-7-14)16(13-23-19)10-15-11-20-18-9-5-4-8-17(15)18/h1-9,11,16,20H,10,12-13H2/t16-/m0/s1. The van der Waals surface area contributed by atoms with Crippen LogP contribution in [-0.4, -0.2) is 26.0 Å². The first-order valence-electron chi connectivity index (χ1n) is 7.83. The molecular formula is C19H18N2S2. The van der Waals surface area contributed by atoms with Gasteiger partial charge in [0.2, 0.25) is 0 Å². The average Bonchev–Trinajstić information content (AvgIpc) is 3.15. The van der Waals surface area contributed by atoms with Crippen molar-refractivity contribution >= 4 is 39.2 Å². The van der Waals surface area contributed by atoms with Gasteiger partial charge < -0.3 is 9.88 Å². The third kappa shape index (κ3) is 3.01.